The molecular formula is C16H16Cl2N2O2. The van der Waals surface area contributed by atoms with Crippen LogP contribution in [0.25, 0.3) is 6.08 Å². The predicted octanol–water partition coefficient (Wildman–Crippen LogP) is 4.46. The monoisotopic (exact) mass is 338 g/mol. The lowest BCUT2D eigenvalue weighted by atomic mass is 10.1. The first-order chi connectivity index (χ1) is 10.4. The van der Waals surface area contributed by atoms with E-state index >= 15 is 0 Å². The predicted molar refractivity (Wildman–Crippen MR) is 88.5 cm³/mol. The summed E-state index contributed by atoms with van der Waals surface area (Å²) in [4.78, 5) is 10.7. The van der Waals surface area contributed by atoms with Crippen molar-refractivity contribution in [2.75, 3.05) is 0 Å². The van der Waals surface area contributed by atoms with Crippen LogP contribution >= 0.6 is 23.2 Å². The van der Waals surface area contributed by atoms with E-state index in [0.717, 1.165) is 23.0 Å². The van der Waals surface area contributed by atoms with Gasteiger partial charge in [0.25, 0.3) is 0 Å². The van der Waals surface area contributed by atoms with Crippen LogP contribution in [0.3, 0.4) is 0 Å². The van der Waals surface area contributed by atoms with Gasteiger partial charge >= 0.3 is 5.97 Å². The Labute approximate surface area is 139 Å². The molecule has 1 heterocycles. The molecule has 2 rings (SSSR count). The highest BCUT2D eigenvalue weighted by molar-refractivity contribution is 6.35. The van der Waals surface area contributed by atoms with Crippen molar-refractivity contribution >= 4 is 35.2 Å². The van der Waals surface area contributed by atoms with Crippen LogP contribution in [0.2, 0.25) is 10.0 Å². The van der Waals surface area contributed by atoms with Gasteiger partial charge in [-0.25, -0.2) is 4.79 Å². The molecule has 0 spiro atoms. The first-order valence-electron chi connectivity index (χ1n) is 6.79. The zero-order valence-electron chi connectivity index (χ0n) is 12.3. The van der Waals surface area contributed by atoms with E-state index in [1.807, 2.05) is 26.0 Å². The van der Waals surface area contributed by atoms with E-state index in [0.29, 0.717) is 16.6 Å². The Hall–Kier alpha value is -1.78. The first-order valence-corrected chi connectivity index (χ1v) is 7.55. The number of carboxylic acids is 1. The summed E-state index contributed by atoms with van der Waals surface area (Å²) in [6, 6.07) is 7.17. The number of aliphatic carboxylic acids is 1. The van der Waals surface area contributed by atoms with Crippen molar-refractivity contribution in [3.05, 3.63) is 57.3 Å². The molecule has 0 saturated carbocycles. The number of benzene rings is 1. The van der Waals surface area contributed by atoms with Gasteiger partial charge in [0, 0.05) is 16.1 Å². The summed E-state index contributed by atoms with van der Waals surface area (Å²) in [5.74, 6) is -0.748. The third kappa shape index (κ3) is 4.12. The van der Waals surface area contributed by atoms with Gasteiger partial charge in [0.15, 0.2) is 0 Å². The van der Waals surface area contributed by atoms with E-state index in [1.54, 1.807) is 16.8 Å². The molecule has 0 saturated heterocycles. The van der Waals surface area contributed by atoms with Crippen molar-refractivity contribution in [1.29, 1.82) is 0 Å². The van der Waals surface area contributed by atoms with Crippen LogP contribution in [0.4, 0.5) is 0 Å². The van der Waals surface area contributed by atoms with Gasteiger partial charge in [0.1, 0.15) is 0 Å². The number of hydrogen-bond acceptors (Lipinski definition) is 2. The van der Waals surface area contributed by atoms with Crippen molar-refractivity contribution in [1.82, 2.24) is 9.78 Å². The molecule has 0 aliphatic rings. The Morgan fingerprint density at radius 1 is 1.36 bits per heavy atom. The van der Waals surface area contributed by atoms with Crippen LogP contribution in [0.5, 0.6) is 0 Å². The molecular weight excluding hydrogens is 323 g/mol. The van der Waals surface area contributed by atoms with Crippen molar-refractivity contribution in [3.8, 4) is 0 Å². The zero-order chi connectivity index (χ0) is 16.3. The van der Waals surface area contributed by atoms with E-state index < -0.39 is 5.97 Å². The number of halogens is 2. The fourth-order valence-corrected chi connectivity index (χ4v) is 2.43. The topological polar surface area (TPSA) is 55.1 Å². The molecule has 2 aromatic rings. The average Bonchev–Trinajstić information content (AvgIpc) is 2.83. The Bertz CT molecular complexity index is 721. The Morgan fingerprint density at radius 3 is 2.68 bits per heavy atom. The van der Waals surface area contributed by atoms with Crippen LogP contribution in [0.1, 0.15) is 36.7 Å². The molecule has 0 aliphatic heterocycles. The van der Waals surface area contributed by atoms with Crippen LogP contribution in [-0.4, -0.2) is 20.9 Å². The van der Waals surface area contributed by atoms with Crippen LogP contribution in [0, 0.1) is 0 Å². The van der Waals surface area contributed by atoms with Gasteiger partial charge in [-0.1, -0.05) is 43.1 Å². The quantitative estimate of drug-likeness (QED) is 0.819. The lowest BCUT2D eigenvalue weighted by Crippen LogP contribution is -2.05. The molecule has 4 nitrogen and oxygen atoms in total. The van der Waals surface area contributed by atoms with Gasteiger partial charge in [-0.3, -0.25) is 4.68 Å². The minimum Gasteiger partial charge on any atom is -0.478 e. The molecule has 6 heteroatoms. The summed E-state index contributed by atoms with van der Waals surface area (Å²) >= 11 is 12.1. The Kier molecular flexibility index (Phi) is 5.27. The summed E-state index contributed by atoms with van der Waals surface area (Å²) < 4.78 is 1.74. The molecule has 0 radical (unpaired) electrons. The van der Waals surface area contributed by atoms with E-state index in [2.05, 4.69) is 5.10 Å². The minimum atomic E-state index is -0.997. The summed E-state index contributed by atoms with van der Waals surface area (Å²) in [5, 5.41) is 14.5. The van der Waals surface area contributed by atoms with Crippen molar-refractivity contribution in [3.63, 3.8) is 0 Å². The molecule has 0 atom stereocenters. The minimum absolute atomic E-state index is 0.249. The largest absolute Gasteiger partial charge is 0.478 e. The molecule has 0 aliphatic carbocycles. The summed E-state index contributed by atoms with van der Waals surface area (Å²) in [5.41, 5.74) is 2.49. The molecule has 0 unspecified atom stereocenters. The van der Waals surface area contributed by atoms with Gasteiger partial charge in [-0.05, 0) is 35.8 Å². The summed E-state index contributed by atoms with van der Waals surface area (Å²) in [6.07, 6.45) is 2.63. The highest BCUT2D eigenvalue weighted by Crippen LogP contribution is 2.23. The lowest BCUT2D eigenvalue weighted by Gasteiger charge is -2.07. The maximum absolute atomic E-state index is 10.7. The first kappa shape index (κ1) is 16.6. The molecule has 1 aromatic heterocycles. The standard InChI is InChI=1S/C16H16Cl2N2O2/c1-10(2)15-8-13(5-6-16(21)22)20(19-15)9-11-3-4-12(17)7-14(11)18/h3-8,10H,9H2,1-2H3,(H,21,22)/b6-5+. The van der Waals surface area contributed by atoms with Gasteiger partial charge in [0.05, 0.1) is 17.9 Å². The second kappa shape index (κ2) is 6.99. The third-order valence-electron chi connectivity index (χ3n) is 3.15. The van der Waals surface area contributed by atoms with Gasteiger partial charge < -0.3 is 5.11 Å². The normalized spacial score (nSPS) is 11.5. The molecule has 1 N–H and O–H groups in total. The van der Waals surface area contributed by atoms with Gasteiger partial charge in [0.2, 0.25) is 0 Å². The zero-order valence-corrected chi connectivity index (χ0v) is 13.8. The number of carboxylic acid groups (broad SMARTS) is 1. The maximum Gasteiger partial charge on any atom is 0.328 e. The van der Waals surface area contributed by atoms with E-state index in [4.69, 9.17) is 28.3 Å². The number of carbonyl (C=O) groups is 1. The number of aromatic nitrogens is 2. The number of rotatable bonds is 5. The average molecular weight is 339 g/mol. The molecule has 0 fully saturated rings. The van der Waals surface area contributed by atoms with Crippen molar-refractivity contribution in [2.45, 2.75) is 26.3 Å². The van der Waals surface area contributed by atoms with E-state index in [1.165, 1.54) is 6.08 Å². The smallest absolute Gasteiger partial charge is 0.328 e. The SMILES string of the molecule is CC(C)c1cc(/C=C/C(=O)O)n(Cc2ccc(Cl)cc2Cl)n1. The number of nitrogens with zero attached hydrogens (tertiary/aromatic N) is 2. The molecule has 22 heavy (non-hydrogen) atoms. The van der Waals surface area contributed by atoms with Gasteiger partial charge in [-0.2, -0.15) is 5.10 Å². The second-order valence-electron chi connectivity index (χ2n) is 5.21. The fourth-order valence-electron chi connectivity index (χ4n) is 1.96. The highest BCUT2D eigenvalue weighted by atomic mass is 35.5. The highest BCUT2D eigenvalue weighted by Gasteiger charge is 2.11. The number of hydrogen-bond donors (Lipinski definition) is 1. The van der Waals surface area contributed by atoms with Gasteiger partial charge in [-0.15, -0.1) is 0 Å². The van der Waals surface area contributed by atoms with E-state index in [9.17, 15) is 4.79 Å². The maximum atomic E-state index is 10.7. The fraction of sp³-hybridized carbons (Fsp3) is 0.250. The van der Waals surface area contributed by atoms with Crippen molar-refractivity contribution in [2.24, 2.45) is 0 Å². The summed E-state index contributed by atoms with van der Waals surface area (Å²) in [7, 11) is 0. The molecule has 0 amide bonds. The molecule has 1 aromatic carbocycles. The second-order valence-corrected chi connectivity index (χ2v) is 6.06. The Balaban J connectivity index is 2.37. The van der Waals surface area contributed by atoms with Crippen LogP contribution in [-0.2, 0) is 11.3 Å². The molecule has 0 bridgehead atoms. The molecule has 116 valence electrons. The Morgan fingerprint density at radius 2 is 2.09 bits per heavy atom. The summed E-state index contributed by atoms with van der Waals surface area (Å²) in [6.45, 7) is 4.52. The van der Waals surface area contributed by atoms with Crippen LogP contribution < -0.4 is 0 Å². The van der Waals surface area contributed by atoms with Crippen molar-refractivity contribution < 1.29 is 9.90 Å². The van der Waals surface area contributed by atoms with E-state index in [-0.39, 0.29) is 5.92 Å². The van der Waals surface area contributed by atoms with Crippen LogP contribution in [0.15, 0.2) is 30.3 Å². The lowest BCUT2D eigenvalue weighted by molar-refractivity contribution is -0.131. The third-order valence-corrected chi connectivity index (χ3v) is 3.74.